The number of amides is 1. The topological polar surface area (TPSA) is 67.8 Å². The molecule has 6 heteroatoms. The number of unbranched alkanes of at least 4 members (excludes halogenated alkanes) is 3. The van der Waals surface area contributed by atoms with Gasteiger partial charge in [0.2, 0.25) is 11.0 Å². The van der Waals surface area contributed by atoms with Gasteiger partial charge >= 0.3 is 0 Å². The molecule has 2 aromatic rings. The van der Waals surface area contributed by atoms with E-state index in [1.807, 2.05) is 12.1 Å². The smallest absolute Gasteiger partial charge is 0.226 e. The van der Waals surface area contributed by atoms with E-state index in [-0.39, 0.29) is 5.91 Å². The van der Waals surface area contributed by atoms with Crippen molar-refractivity contribution in [1.82, 2.24) is 15.2 Å². The molecule has 0 aliphatic rings. The third kappa shape index (κ3) is 4.38. The van der Waals surface area contributed by atoms with Crippen molar-refractivity contribution in [2.45, 2.75) is 39.0 Å². The van der Waals surface area contributed by atoms with E-state index in [1.165, 1.54) is 24.2 Å². The van der Waals surface area contributed by atoms with Crippen LogP contribution >= 0.6 is 11.3 Å². The van der Waals surface area contributed by atoms with Crippen LogP contribution in [0.3, 0.4) is 0 Å². The third-order valence-corrected chi connectivity index (χ3v) is 3.74. The molecule has 0 spiro atoms. The lowest BCUT2D eigenvalue weighted by atomic mass is 10.1. The normalized spacial score (nSPS) is 10.4. The number of carbonyl (C=O) groups excluding carboxylic acids is 1. The first kappa shape index (κ1) is 14.6. The summed E-state index contributed by atoms with van der Waals surface area (Å²) in [5.74, 6) is 0.0125. The van der Waals surface area contributed by atoms with Crippen molar-refractivity contribution in [3.05, 3.63) is 24.5 Å². The summed E-state index contributed by atoms with van der Waals surface area (Å²) in [6, 6.07) is 3.74. The first-order valence-electron chi connectivity index (χ1n) is 6.83. The van der Waals surface area contributed by atoms with Crippen molar-refractivity contribution in [2.24, 2.45) is 0 Å². The molecule has 0 aliphatic heterocycles. The highest BCUT2D eigenvalue weighted by Crippen LogP contribution is 2.25. The van der Waals surface area contributed by atoms with E-state index in [2.05, 4.69) is 27.4 Å². The molecule has 5 nitrogen and oxygen atoms in total. The summed E-state index contributed by atoms with van der Waals surface area (Å²) in [5.41, 5.74) is 0.959. The first-order chi connectivity index (χ1) is 9.79. The molecule has 0 saturated heterocycles. The van der Waals surface area contributed by atoms with Crippen LogP contribution in [0, 0.1) is 0 Å². The third-order valence-electron chi connectivity index (χ3n) is 2.86. The van der Waals surface area contributed by atoms with Crippen LogP contribution in [0.25, 0.3) is 10.6 Å². The molecule has 0 bridgehead atoms. The highest BCUT2D eigenvalue weighted by Gasteiger charge is 2.09. The molecule has 1 amide bonds. The first-order valence-corrected chi connectivity index (χ1v) is 7.65. The summed E-state index contributed by atoms with van der Waals surface area (Å²) in [6.45, 7) is 2.15. The van der Waals surface area contributed by atoms with Crippen LogP contribution in [0.15, 0.2) is 24.5 Å². The van der Waals surface area contributed by atoms with Gasteiger partial charge in [0.15, 0.2) is 0 Å². The molecule has 0 aromatic carbocycles. The number of anilines is 1. The van der Waals surface area contributed by atoms with Gasteiger partial charge in [-0.05, 0) is 18.6 Å². The summed E-state index contributed by atoms with van der Waals surface area (Å²) in [7, 11) is 0. The Morgan fingerprint density at radius 1 is 1.20 bits per heavy atom. The van der Waals surface area contributed by atoms with Gasteiger partial charge in [0.25, 0.3) is 0 Å². The minimum Gasteiger partial charge on any atom is -0.301 e. The van der Waals surface area contributed by atoms with Gasteiger partial charge in [0.1, 0.15) is 5.01 Å². The lowest BCUT2D eigenvalue weighted by molar-refractivity contribution is -0.116. The van der Waals surface area contributed by atoms with E-state index in [4.69, 9.17) is 0 Å². The van der Waals surface area contributed by atoms with Gasteiger partial charge in [-0.3, -0.25) is 9.78 Å². The van der Waals surface area contributed by atoms with E-state index < -0.39 is 0 Å². The van der Waals surface area contributed by atoms with Crippen LogP contribution in [0.1, 0.15) is 39.0 Å². The standard InChI is InChI=1S/C14H18N4OS/c1-2-3-4-5-6-12(19)16-14-18-17-13(20-14)11-7-9-15-10-8-11/h7-10H,2-6H2,1H3,(H,16,18,19). The molecule has 2 rings (SSSR count). The van der Waals surface area contributed by atoms with Gasteiger partial charge in [-0.2, -0.15) is 0 Å². The Labute approximate surface area is 122 Å². The fourth-order valence-electron chi connectivity index (χ4n) is 1.78. The second kappa shape index (κ2) is 7.69. The molecule has 20 heavy (non-hydrogen) atoms. The number of nitrogens with zero attached hydrogens (tertiary/aromatic N) is 3. The summed E-state index contributed by atoms with van der Waals surface area (Å²) in [5, 5.41) is 12.2. The zero-order chi connectivity index (χ0) is 14.2. The number of carbonyl (C=O) groups is 1. The summed E-state index contributed by atoms with van der Waals surface area (Å²) < 4.78 is 0. The van der Waals surface area contributed by atoms with Crippen LogP contribution in [0.4, 0.5) is 5.13 Å². The molecule has 2 aromatic heterocycles. The molecule has 0 saturated carbocycles. The number of hydrogen-bond donors (Lipinski definition) is 1. The summed E-state index contributed by atoms with van der Waals surface area (Å²) in [6.07, 6.45) is 8.35. The van der Waals surface area contributed by atoms with Crippen LogP contribution in [0.2, 0.25) is 0 Å². The van der Waals surface area contributed by atoms with Gasteiger partial charge < -0.3 is 5.32 Å². The Morgan fingerprint density at radius 2 is 2.00 bits per heavy atom. The van der Waals surface area contributed by atoms with E-state index in [0.717, 1.165) is 23.4 Å². The van der Waals surface area contributed by atoms with Crippen LogP contribution < -0.4 is 5.32 Å². The fraction of sp³-hybridized carbons (Fsp3) is 0.429. The molecule has 0 radical (unpaired) electrons. The summed E-state index contributed by atoms with van der Waals surface area (Å²) >= 11 is 1.38. The van der Waals surface area contributed by atoms with Gasteiger partial charge in [-0.15, -0.1) is 10.2 Å². The number of hydrogen-bond acceptors (Lipinski definition) is 5. The lowest BCUT2D eigenvalue weighted by Gasteiger charge is -2.00. The summed E-state index contributed by atoms with van der Waals surface area (Å²) in [4.78, 5) is 15.7. The molecule has 0 atom stereocenters. The number of nitrogens with one attached hydrogen (secondary N) is 1. The maximum absolute atomic E-state index is 11.7. The average molecular weight is 290 g/mol. The number of aromatic nitrogens is 3. The highest BCUT2D eigenvalue weighted by atomic mass is 32.1. The van der Waals surface area contributed by atoms with Gasteiger partial charge in [0, 0.05) is 24.4 Å². The van der Waals surface area contributed by atoms with E-state index in [0.29, 0.717) is 11.6 Å². The monoisotopic (exact) mass is 290 g/mol. The molecule has 0 fully saturated rings. The number of rotatable bonds is 7. The van der Waals surface area contributed by atoms with Gasteiger partial charge in [-0.1, -0.05) is 37.5 Å². The van der Waals surface area contributed by atoms with Gasteiger partial charge in [-0.25, -0.2) is 0 Å². The molecular weight excluding hydrogens is 272 g/mol. The fourth-order valence-corrected chi connectivity index (χ4v) is 2.54. The van der Waals surface area contributed by atoms with E-state index in [9.17, 15) is 4.79 Å². The zero-order valence-corrected chi connectivity index (χ0v) is 12.3. The predicted molar refractivity (Wildman–Crippen MR) is 80.5 cm³/mol. The van der Waals surface area contributed by atoms with Crippen molar-refractivity contribution in [3.8, 4) is 10.6 Å². The van der Waals surface area contributed by atoms with Gasteiger partial charge in [0.05, 0.1) is 0 Å². The average Bonchev–Trinajstić information content (AvgIpc) is 2.93. The van der Waals surface area contributed by atoms with Crippen molar-refractivity contribution in [1.29, 1.82) is 0 Å². The highest BCUT2D eigenvalue weighted by molar-refractivity contribution is 7.18. The Morgan fingerprint density at radius 3 is 2.75 bits per heavy atom. The Kier molecular flexibility index (Phi) is 5.61. The van der Waals surface area contributed by atoms with Crippen molar-refractivity contribution < 1.29 is 4.79 Å². The molecule has 0 unspecified atom stereocenters. The largest absolute Gasteiger partial charge is 0.301 e. The maximum Gasteiger partial charge on any atom is 0.226 e. The molecular formula is C14H18N4OS. The zero-order valence-electron chi connectivity index (χ0n) is 11.5. The predicted octanol–water partition coefficient (Wildman–Crippen LogP) is 3.51. The second-order valence-electron chi connectivity index (χ2n) is 4.51. The molecule has 1 N–H and O–H groups in total. The van der Waals surface area contributed by atoms with E-state index in [1.54, 1.807) is 12.4 Å². The quantitative estimate of drug-likeness (QED) is 0.792. The Hall–Kier alpha value is -1.82. The number of pyridine rings is 1. The SMILES string of the molecule is CCCCCCC(=O)Nc1nnc(-c2ccncc2)s1. The lowest BCUT2D eigenvalue weighted by Crippen LogP contribution is -2.10. The van der Waals surface area contributed by atoms with E-state index >= 15 is 0 Å². The van der Waals surface area contributed by atoms with Crippen LogP contribution in [-0.4, -0.2) is 21.1 Å². The van der Waals surface area contributed by atoms with Crippen LogP contribution in [-0.2, 0) is 4.79 Å². The minimum absolute atomic E-state index is 0.0125. The minimum atomic E-state index is 0.0125. The van der Waals surface area contributed by atoms with Crippen molar-refractivity contribution >= 4 is 22.4 Å². The molecule has 0 aliphatic carbocycles. The second-order valence-corrected chi connectivity index (χ2v) is 5.48. The molecule has 2 heterocycles. The van der Waals surface area contributed by atoms with Crippen molar-refractivity contribution in [3.63, 3.8) is 0 Å². The molecule has 106 valence electrons. The Balaban J connectivity index is 1.85. The van der Waals surface area contributed by atoms with Crippen molar-refractivity contribution in [2.75, 3.05) is 5.32 Å². The Bertz CT molecular complexity index is 541. The van der Waals surface area contributed by atoms with Crippen LogP contribution in [0.5, 0.6) is 0 Å². The maximum atomic E-state index is 11.7.